The number of rotatable bonds is 43. The first-order valence-corrected chi connectivity index (χ1v) is 25.5. The Balaban J connectivity index is 4.42. The molecule has 0 saturated heterocycles. The quantitative estimate of drug-likeness (QED) is 0.0196. The van der Waals surface area contributed by atoms with Gasteiger partial charge in [0.1, 0.15) is 19.8 Å². The van der Waals surface area contributed by atoms with Crippen LogP contribution in [0.1, 0.15) is 194 Å². The lowest BCUT2D eigenvalue weighted by atomic mass is 10.0. The van der Waals surface area contributed by atoms with E-state index in [4.69, 9.17) is 18.5 Å². The minimum absolute atomic E-state index is 0.0452. The molecule has 60 heavy (non-hydrogen) atoms. The second-order valence-electron chi connectivity index (χ2n) is 17.1. The van der Waals surface area contributed by atoms with Crippen molar-refractivity contribution < 1.29 is 42.1 Å². The Hall–Kier alpha value is -2.29. The summed E-state index contributed by atoms with van der Waals surface area (Å²) in [5.74, 6) is -0.928. The third-order valence-electron chi connectivity index (χ3n) is 10.1. The van der Waals surface area contributed by atoms with Gasteiger partial charge in [-0.15, -0.1) is 0 Å². The lowest BCUT2D eigenvalue weighted by Gasteiger charge is -2.28. The maximum Gasteiger partial charge on any atom is 0.306 e. The highest BCUT2D eigenvalue weighted by molar-refractivity contribution is 7.45. The summed E-state index contributed by atoms with van der Waals surface area (Å²) in [7, 11) is 1.12. The summed E-state index contributed by atoms with van der Waals surface area (Å²) in [6.45, 7) is 4.13. The third-order valence-corrected chi connectivity index (χ3v) is 11.0. The van der Waals surface area contributed by atoms with Gasteiger partial charge in [-0.2, -0.15) is 0 Å². The molecule has 10 heteroatoms. The largest absolute Gasteiger partial charge is 0.756 e. The van der Waals surface area contributed by atoms with Crippen LogP contribution < -0.4 is 4.89 Å². The molecule has 9 nitrogen and oxygen atoms in total. The Morgan fingerprint density at radius 3 is 1.40 bits per heavy atom. The van der Waals surface area contributed by atoms with Crippen LogP contribution in [-0.2, 0) is 32.7 Å². The number of phosphoric ester groups is 1. The maximum absolute atomic E-state index is 12.7. The highest BCUT2D eigenvalue weighted by Gasteiger charge is 2.21. The lowest BCUT2D eigenvalue weighted by Crippen LogP contribution is -2.37. The molecule has 348 valence electrons. The summed E-state index contributed by atoms with van der Waals surface area (Å²) in [5.41, 5.74) is 0. The zero-order valence-electron chi connectivity index (χ0n) is 39.1. The summed E-state index contributed by atoms with van der Waals surface area (Å²) in [6.07, 6.45) is 51.2. The van der Waals surface area contributed by atoms with Gasteiger partial charge in [-0.1, -0.05) is 190 Å². The molecule has 0 radical (unpaired) electrons. The van der Waals surface area contributed by atoms with Gasteiger partial charge < -0.3 is 27.9 Å². The normalized spacial score (nSPS) is 14.0. The van der Waals surface area contributed by atoms with Crippen molar-refractivity contribution >= 4 is 19.8 Å². The van der Waals surface area contributed by atoms with Gasteiger partial charge in [0.15, 0.2) is 6.10 Å². The van der Waals surface area contributed by atoms with E-state index in [1.807, 2.05) is 33.3 Å². The van der Waals surface area contributed by atoms with Gasteiger partial charge in [0.2, 0.25) is 0 Å². The average Bonchev–Trinajstić information content (AvgIpc) is 3.20. The molecule has 0 aliphatic carbocycles. The van der Waals surface area contributed by atoms with Crippen LogP contribution in [-0.4, -0.2) is 70.0 Å². The van der Waals surface area contributed by atoms with E-state index in [1.165, 1.54) is 116 Å². The predicted octanol–water partition coefficient (Wildman–Crippen LogP) is 13.4. The highest BCUT2D eigenvalue weighted by Crippen LogP contribution is 2.38. The molecule has 2 atom stereocenters. The Morgan fingerprint density at radius 2 is 0.933 bits per heavy atom. The molecule has 0 spiro atoms. The number of allylic oxidation sites excluding steroid dienone is 10. The fourth-order valence-corrected chi connectivity index (χ4v) is 7.01. The van der Waals surface area contributed by atoms with Gasteiger partial charge in [0, 0.05) is 12.8 Å². The van der Waals surface area contributed by atoms with Crippen molar-refractivity contribution in [3.63, 3.8) is 0 Å². The maximum atomic E-state index is 12.7. The van der Waals surface area contributed by atoms with Gasteiger partial charge in [-0.05, 0) is 51.4 Å². The van der Waals surface area contributed by atoms with Crippen LogP contribution in [0.3, 0.4) is 0 Å². The molecule has 0 saturated carbocycles. The van der Waals surface area contributed by atoms with Crippen molar-refractivity contribution in [1.82, 2.24) is 0 Å². The van der Waals surface area contributed by atoms with E-state index in [1.54, 1.807) is 0 Å². The molecular weight excluding hydrogens is 774 g/mol. The molecule has 0 aromatic carbocycles. The molecule has 0 aromatic rings. The van der Waals surface area contributed by atoms with Crippen LogP contribution in [0.5, 0.6) is 0 Å². The van der Waals surface area contributed by atoms with Gasteiger partial charge in [-0.25, -0.2) is 0 Å². The fourth-order valence-electron chi connectivity index (χ4n) is 6.28. The number of hydrogen-bond acceptors (Lipinski definition) is 8. The van der Waals surface area contributed by atoms with E-state index in [-0.39, 0.29) is 26.1 Å². The molecule has 0 bridgehead atoms. The molecule has 0 amide bonds. The van der Waals surface area contributed by atoms with Crippen molar-refractivity contribution in [2.75, 3.05) is 47.5 Å². The molecule has 0 N–H and O–H groups in total. The van der Waals surface area contributed by atoms with Crippen LogP contribution in [0, 0.1) is 0 Å². The van der Waals surface area contributed by atoms with Crippen LogP contribution >= 0.6 is 7.82 Å². The van der Waals surface area contributed by atoms with E-state index in [0.29, 0.717) is 17.4 Å². The fraction of sp³-hybridized carbons (Fsp3) is 0.760. The summed E-state index contributed by atoms with van der Waals surface area (Å²) in [4.78, 5) is 37.6. The second kappa shape index (κ2) is 42.0. The summed E-state index contributed by atoms with van der Waals surface area (Å²) < 4.78 is 33.9. The van der Waals surface area contributed by atoms with Crippen molar-refractivity contribution in [2.45, 2.75) is 200 Å². The SMILES string of the molecule is CCCCC/C=C/C/C=C/C/C=C/C/C=C/C/C=C/CCC(=O)O[C@H](COC(=O)CCCCCCCCCCCCCCCCCCC)COP(=O)([O-])OCC[N+](C)(C)C. The van der Waals surface area contributed by atoms with E-state index in [9.17, 15) is 19.0 Å². The molecule has 0 aliphatic heterocycles. The summed E-state index contributed by atoms with van der Waals surface area (Å²) in [6, 6.07) is 0. The molecule has 0 aromatic heterocycles. The monoisotopic (exact) mass is 864 g/mol. The second-order valence-corrected chi connectivity index (χ2v) is 18.5. The molecule has 0 fully saturated rings. The molecule has 1 unspecified atom stereocenters. The summed E-state index contributed by atoms with van der Waals surface area (Å²) in [5, 5.41) is 0. The molecule has 0 aliphatic rings. The zero-order chi connectivity index (χ0) is 44.3. The Kier molecular flexibility index (Phi) is 40.4. The number of likely N-dealkylation sites (N-methyl/N-ethyl adjacent to an activating group) is 1. The standard InChI is InChI=1S/C50H90NO8P/c1-6-8-10-12-14-16-18-20-22-24-25-27-29-31-33-35-37-39-41-43-50(53)59-48(47-58-60(54,55)57-45-44-51(3,4)5)46-56-49(52)42-40-38-36-34-32-30-28-26-23-21-19-17-15-13-11-9-7-2/h14,16,20,22,25,27,31,33,37,39,48H,6-13,15,17-19,21,23-24,26,28-30,32,34-36,38,40-47H2,1-5H3/b16-14+,22-20+,27-25+,33-31+,39-37+/t48-/m1/s1. The van der Waals surface area contributed by atoms with Gasteiger partial charge in [0.25, 0.3) is 7.82 Å². The third kappa shape index (κ3) is 45.2. The number of hydrogen-bond donors (Lipinski definition) is 0. The van der Waals surface area contributed by atoms with Crippen molar-refractivity contribution in [1.29, 1.82) is 0 Å². The van der Waals surface area contributed by atoms with Crippen molar-refractivity contribution in [2.24, 2.45) is 0 Å². The van der Waals surface area contributed by atoms with Crippen molar-refractivity contribution in [3.8, 4) is 0 Å². The predicted molar refractivity (Wildman–Crippen MR) is 250 cm³/mol. The Morgan fingerprint density at radius 1 is 0.517 bits per heavy atom. The smallest absolute Gasteiger partial charge is 0.306 e. The number of esters is 2. The summed E-state index contributed by atoms with van der Waals surface area (Å²) >= 11 is 0. The van der Waals surface area contributed by atoms with E-state index in [0.717, 1.165) is 44.9 Å². The minimum atomic E-state index is -4.65. The van der Waals surface area contributed by atoms with Crippen LogP contribution in [0.15, 0.2) is 60.8 Å². The van der Waals surface area contributed by atoms with Gasteiger partial charge in [0.05, 0.1) is 27.7 Å². The minimum Gasteiger partial charge on any atom is -0.756 e. The topological polar surface area (TPSA) is 111 Å². The number of quaternary nitrogens is 1. The van der Waals surface area contributed by atoms with Gasteiger partial charge >= 0.3 is 11.9 Å². The first-order valence-electron chi connectivity index (χ1n) is 24.0. The lowest BCUT2D eigenvalue weighted by molar-refractivity contribution is -0.870. The Labute approximate surface area is 368 Å². The molecular formula is C50H90NO8P. The number of carbonyl (C=O) groups is 2. The molecule has 0 rings (SSSR count). The zero-order valence-corrected chi connectivity index (χ0v) is 40.0. The number of phosphoric acid groups is 1. The number of unbranched alkanes of at least 4 members (excludes halogenated alkanes) is 19. The van der Waals surface area contributed by atoms with Crippen LogP contribution in [0.25, 0.3) is 0 Å². The van der Waals surface area contributed by atoms with Gasteiger partial charge in [-0.3, -0.25) is 14.2 Å². The van der Waals surface area contributed by atoms with Crippen LogP contribution in [0.4, 0.5) is 0 Å². The van der Waals surface area contributed by atoms with Crippen molar-refractivity contribution in [3.05, 3.63) is 60.8 Å². The highest BCUT2D eigenvalue weighted by atomic mass is 31.2. The van der Waals surface area contributed by atoms with E-state index >= 15 is 0 Å². The average molecular weight is 864 g/mol. The van der Waals surface area contributed by atoms with E-state index < -0.39 is 32.5 Å². The number of carbonyl (C=O) groups excluding carboxylic acids is 2. The number of ether oxygens (including phenoxy) is 2. The first kappa shape index (κ1) is 57.7. The first-order chi connectivity index (χ1) is 29.0. The van der Waals surface area contributed by atoms with E-state index in [2.05, 4.69) is 62.5 Å². The van der Waals surface area contributed by atoms with Crippen LogP contribution in [0.2, 0.25) is 0 Å². The Bertz CT molecular complexity index is 1210. The molecule has 0 heterocycles. The number of nitrogens with zero attached hydrogens (tertiary/aromatic N) is 1.